The Bertz CT molecular complexity index is 581. The summed E-state index contributed by atoms with van der Waals surface area (Å²) in [4.78, 5) is 14.5. The van der Waals surface area contributed by atoms with Gasteiger partial charge in [-0.05, 0) is 65.1 Å². The zero-order chi connectivity index (χ0) is 16.8. The van der Waals surface area contributed by atoms with E-state index in [4.69, 9.17) is 9.31 Å². The van der Waals surface area contributed by atoms with E-state index in [2.05, 4.69) is 6.92 Å². The van der Waals surface area contributed by atoms with E-state index in [0.29, 0.717) is 6.04 Å². The molecule has 2 heterocycles. The van der Waals surface area contributed by atoms with Crippen LogP contribution in [0.25, 0.3) is 0 Å². The van der Waals surface area contributed by atoms with Crippen molar-refractivity contribution in [2.75, 3.05) is 6.54 Å². The third kappa shape index (κ3) is 2.92. The number of amides is 1. The number of benzene rings is 1. The van der Waals surface area contributed by atoms with Crippen molar-refractivity contribution in [3.8, 4) is 0 Å². The van der Waals surface area contributed by atoms with Crippen LogP contribution in [0.3, 0.4) is 0 Å². The van der Waals surface area contributed by atoms with E-state index in [9.17, 15) is 4.79 Å². The smallest absolute Gasteiger partial charge is 0.399 e. The summed E-state index contributed by atoms with van der Waals surface area (Å²) in [7, 11) is -0.380. The van der Waals surface area contributed by atoms with Gasteiger partial charge in [0.1, 0.15) is 0 Å². The number of likely N-dealkylation sites (tertiary alicyclic amines) is 1. The van der Waals surface area contributed by atoms with Crippen LogP contribution in [-0.2, 0) is 9.31 Å². The monoisotopic (exact) mass is 315 g/mol. The van der Waals surface area contributed by atoms with Crippen LogP contribution in [0.1, 0.15) is 57.8 Å². The molecule has 1 aromatic carbocycles. The van der Waals surface area contributed by atoms with Crippen molar-refractivity contribution in [1.29, 1.82) is 0 Å². The van der Waals surface area contributed by atoms with E-state index >= 15 is 0 Å². The first kappa shape index (κ1) is 16.5. The molecule has 124 valence electrons. The average Bonchev–Trinajstić information content (AvgIpc) is 2.99. The van der Waals surface area contributed by atoms with Gasteiger partial charge in [0.2, 0.25) is 0 Å². The van der Waals surface area contributed by atoms with Gasteiger partial charge >= 0.3 is 7.12 Å². The highest BCUT2D eigenvalue weighted by atomic mass is 16.7. The highest BCUT2D eigenvalue weighted by Crippen LogP contribution is 2.36. The Balaban J connectivity index is 1.74. The fourth-order valence-corrected chi connectivity index (χ4v) is 3.16. The Hall–Kier alpha value is -1.33. The Morgan fingerprint density at radius 1 is 1.13 bits per heavy atom. The summed E-state index contributed by atoms with van der Waals surface area (Å²) >= 11 is 0. The van der Waals surface area contributed by atoms with Crippen molar-refractivity contribution in [3.63, 3.8) is 0 Å². The lowest BCUT2D eigenvalue weighted by Gasteiger charge is -2.32. The molecule has 5 heteroatoms. The Morgan fingerprint density at radius 2 is 1.70 bits per heavy atom. The number of hydrogen-bond donors (Lipinski definition) is 0. The number of rotatable bonds is 2. The number of nitrogens with zero attached hydrogens (tertiary/aromatic N) is 1. The van der Waals surface area contributed by atoms with Crippen LogP contribution < -0.4 is 5.46 Å². The summed E-state index contributed by atoms with van der Waals surface area (Å²) in [6.07, 6.45) is 2.19. The van der Waals surface area contributed by atoms with Gasteiger partial charge < -0.3 is 14.2 Å². The standard InChI is InChI=1S/C18H26BNO3/c1-13-7-6-12-20(13)16(21)14-8-10-15(11-9-14)19-22-17(2,3)18(4,5)23-19/h8-11,13H,6-7,12H2,1-5H3/t13-/m1/s1. The first-order valence-corrected chi connectivity index (χ1v) is 8.48. The summed E-state index contributed by atoms with van der Waals surface area (Å²) in [6.45, 7) is 11.1. The number of carbonyl (C=O) groups excluding carboxylic acids is 1. The van der Waals surface area contributed by atoms with Gasteiger partial charge in [-0.1, -0.05) is 12.1 Å². The van der Waals surface area contributed by atoms with Crippen LogP contribution in [0.5, 0.6) is 0 Å². The van der Waals surface area contributed by atoms with Gasteiger partial charge in [-0.2, -0.15) is 0 Å². The number of carbonyl (C=O) groups is 1. The fourth-order valence-electron chi connectivity index (χ4n) is 3.16. The molecule has 0 unspecified atom stereocenters. The quantitative estimate of drug-likeness (QED) is 0.788. The van der Waals surface area contributed by atoms with Crippen molar-refractivity contribution in [3.05, 3.63) is 29.8 Å². The van der Waals surface area contributed by atoms with Crippen LogP contribution in [0, 0.1) is 0 Å². The predicted octanol–water partition coefficient (Wildman–Crippen LogP) is 2.61. The molecule has 0 aromatic heterocycles. The van der Waals surface area contributed by atoms with Crippen LogP contribution >= 0.6 is 0 Å². The van der Waals surface area contributed by atoms with Crippen molar-refractivity contribution in [2.24, 2.45) is 0 Å². The Morgan fingerprint density at radius 3 is 2.17 bits per heavy atom. The maximum atomic E-state index is 12.6. The van der Waals surface area contributed by atoms with E-state index in [-0.39, 0.29) is 24.2 Å². The van der Waals surface area contributed by atoms with E-state index in [1.165, 1.54) is 0 Å². The minimum absolute atomic E-state index is 0.121. The van der Waals surface area contributed by atoms with Crippen molar-refractivity contribution in [2.45, 2.75) is 64.7 Å². The highest BCUT2D eigenvalue weighted by molar-refractivity contribution is 6.62. The summed E-state index contributed by atoms with van der Waals surface area (Å²) in [5.74, 6) is 0.121. The third-order valence-electron chi connectivity index (χ3n) is 5.50. The van der Waals surface area contributed by atoms with Crippen molar-refractivity contribution >= 4 is 18.5 Å². The summed E-state index contributed by atoms with van der Waals surface area (Å²) < 4.78 is 12.1. The predicted molar refractivity (Wildman–Crippen MR) is 91.9 cm³/mol. The van der Waals surface area contributed by atoms with Crippen LogP contribution in [0.15, 0.2) is 24.3 Å². The Kier molecular flexibility index (Phi) is 4.05. The largest absolute Gasteiger partial charge is 0.494 e. The molecule has 1 atom stereocenters. The molecule has 0 aliphatic carbocycles. The van der Waals surface area contributed by atoms with Gasteiger partial charge in [0, 0.05) is 18.2 Å². The van der Waals surface area contributed by atoms with Gasteiger partial charge in [-0.15, -0.1) is 0 Å². The molecule has 23 heavy (non-hydrogen) atoms. The van der Waals surface area contributed by atoms with Crippen LogP contribution in [0.2, 0.25) is 0 Å². The molecule has 2 saturated heterocycles. The fraction of sp³-hybridized carbons (Fsp3) is 0.611. The molecule has 0 spiro atoms. The molecular formula is C18H26BNO3. The van der Waals surface area contributed by atoms with E-state index < -0.39 is 0 Å². The molecule has 0 bridgehead atoms. The van der Waals surface area contributed by atoms with Gasteiger partial charge in [-0.25, -0.2) is 0 Å². The molecule has 0 N–H and O–H groups in total. The molecule has 4 nitrogen and oxygen atoms in total. The highest BCUT2D eigenvalue weighted by Gasteiger charge is 2.51. The molecule has 1 amide bonds. The van der Waals surface area contributed by atoms with Crippen molar-refractivity contribution < 1.29 is 14.1 Å². The topological polar surface area (TPSA) is 38.8 Å². The lowest BCUT2D eigenvalue weighted by molar-refractivity contribution is 0.00578. The van der Waals surface area contributed by atoms with Crippen molar-refractivity contribution in [1.82, 2.24) is 4.90 Å². The summed E-state index contributed by atoms with van der Waals surface area (Å²) in [5.41, 5.74) is 0.988. The summed E-state index contributed by atoms with van der Waals surface area (Å²) in [6, 6.07) is 7.98. The minimum atomic E-state index is -0.380. The lowest BCUT2D eigenvalue weighted by atomic mass is 9.79. The second-order valence-corrected chi connectivity index (χ2v) is 7.70. The first-order chi connectivity index (χ1) is 10.7. The zero-order valence-electron chi connectivity index (χ0n) is 14.8. The van der Waals surface area contributed by atoms with Crippen LogP contribution in [-0.4, -0.2) is 41.7 Å². The summed E-state index contributed by atoms with van der Waals surface area (Å²) in [5, 5.41) is 0. The minimum Gasteiger partial charge on any atom is -0.399 e. The molecule has 1 aromatic rings. The molecule has 2 aliphatic rings. The average molecular weight is 315 g/mol. The zero-order valence-corrected chi connectivity index (χ0v) is 14.8. The normalized spacial score (nSPS) is 25.9. The maximum Gasteiger partial charge on any atom is 0.494 e. The molecule has 0 radical (unpaired) electrons. The van der Waals surface area contributed by atoms with Crippen LogP contribution in [0.4, 0.5) is 0 Å². The third-order valence-corrected chi connectivity index (χ3v) is 5.50. The molecule has 2 aliphatic heterocycles. The first-order valence-electron chi connectivity index (χ1n) is 8.48. The van der Waals surface area contributed by atoms with Gasteiger partial charge in [0.15, 0.2) is 0 Å². The SMILES string of the molecule is C[C@@H]1CCCN1C(=O)c1ccc(B2OC(C)(C)C(C)(C)O2)cc1. The van der Waals surface area contributed by atoms with Gasteiger partial charge in [0.05, 0.1) is 11.2 Å². The second kappa shape index (κ2) is 5.64. The molecule has 0 saturated carbocycles. The molecular weight excluding hydrogens is 289 g/mol. The molecule has 3 rings (SSSR count). The number of hydrogen-bond acceptors (Lipinski definition) is 3. The van der Waals surface area contributed by atoms with Gasteiger partial charge in [-0.3, -0.25) is 4.79 Å². The van der Waals surface area contributed by atoms with E-state index in [1.54, 1.807) is 0 Å². The maximum absolute atomic E-state index is 12.6. The van der Waals surface area contributed by atoms with E-state index in [1.807, 2.05) is 56.9 Å². The lowest BCUT2D eigenvalue weighted by Crippen LogP contribution is -2.41. The molecule has 2 fully saturated rings. The second-order valence-electron chi connectivity index (χ2n) is 7.70. The Labute approximate surface area is 139 Å². The van der Waals surface area contributed by atoms with E-state index in [0.717, 1.165) is 30.4 Å². The van der Waals surface area contributed by atoms with Gasteiger partial charge in [0.25, 0.3) is 5.91 Å².